The van der Waals surface area contributed by atoms with Crippen LogP contribution >= 0.6 is 7.82 Å². The Labute approximate surface area is 276 Å². The fourth-order valence-corrected chi connectivity index (χ4v) is 5.24. The van der Waals surface area contributed by atoms with Gasteiger partial charge in [0, 0.05) is 6.42 Å². The molecule has 0 aliphatic rings. The predicted octanol–water partition coefficient (Wildman–Crippen LogP) is 7.94. The Bertz CT molecular complexity index is 881. The van der Waals surface area contributed by atoms with Crippen LogP contribution in [-0.2, 0) is 18.4 Å². The van der Waals surface area contributed by atoms with Crippen molar-refractivity contribution in [1.82, 2.24) is 5.32 Å². The van der Waals surface area contributed by atoms with Gasteiger partial charge in [-0.1, -0.05) is 127 Å². The fourth-order valence-electron chi connectivity index (χ4n) is 4.52. The van der Waals surface area contributed by atoms with Crippen LogP contribution in [0.15, 0.2) is 48.6 Å². The number of carbonyl (C=O) groups excluding carboxylic acids is 1. The number of aliphatic hydroxyl groups is 1. The summed E-state index contributed by atoms with van der Waals surface area (Å²) < 4.78 is 23.0. The predicted molar refractivity (Wildman–Crippen MR) is 187 cm³/mol. The maximum atomic E-state index is 12.7. The Morgan fingerprint density at radius 3 is 1.84 bits per heavy atom. The van der Waals surface area contributed by atoms with Crippen molar-refractivity contribution in [2.45, 2.75) is 135 Å². The molecule has 0 spiro atoms. The number of likely N-dealkylation sites (N-methyl/N-ethyl adjacent to an activating group) is 1. The molecule has 8 nitrogen and oxygen atoms in total. The molecule has 9 heteroatoms. The van der Waals surface area contributed by atoms with E-state index in [1.807, 2.05) is 33.3 Å². The number of rotatable bonds is 30. The summed E-state index contributed by atoms with van der Waals surface area (Å²) >= 11 is 0. The number of amides is 1. The van der Waals surface area contributed by atoms with Gasteiger partial charge in [0.1, 0.15) is 13.2 Å². The topological polar surface area (TPSA) is 108 Å². The summed E-state index contributed by atoms with van der Waals surface area (Å²) in [5.74, 6) is -0.250. The Morgan fingerprint density at radius 2 is 1.31 bits per heavy atom. The molecule has 3 unspecified atom stereocenters. The Hall–Kier alpha value is -1.54. The highest BCUT2D eigenvalue weighted by Gasteiger charge is 2.24. The number of allylic oxidation sites excluding steroid dienone is 8. The van der Waals surface area contributed by atoms with E-state index in [0.717, 1.165) is 44.9 Å². The van der Waals surface area contributed by atoms with Crippen molar-refractivity contribution in [2.24, 2.45) is 0 Å². The Morgan fingerprint density at radius 1 is 0.800 bits per heavy atom. The zero-order chi connectivity index (χ0) is 33.7. The number of quaternary nitrogens is 1. The molecule has 1 amide bonds. The summed E-state index contributed by atoms with van der Waals surface area (Å²) in [5.41, 5.74) is 0. The first-order valence-corrected chi connectivity index (χ1v) is 18.9. The molecule has 0 saturated carbocycles. The fraction of sp³-hybridized carbons (Fsp3) is 0.750. The first kappa shape index (κ1) is 43.5. The molecule has 0 saturated heterocycles. The molecule has 0 bridgehead atoms. The summed E-state index contributed by atoms with van der Waals surface area (Å²) in [4.78, 5) is 25.0. The number of phosphoric ester groups is 1. The minimum atomic E-state index is -4.57. The molecule has 0 aromatic rings. The molecule has 0 aromatic heterocycles. The van der Waals surface area contributed by atoms with Gasteiger partial charge >= 0.3 is 0 Å². The van der Waals surface area contributed by atoms with Gasteiger partial charge in [0.05, 0.1) is 39.9 Å². The summed E-state index contributed by atoms with van der Waals surface area (Å²) in [6.07, 6.45) is 32.8. The largest absolute Gasteiger partial charge is 0.756 e. The van der Waals surface area contributed by atoms with Gasteiger partial charge in [-0.15, -0.1) is 0 Å². The molecule has 0 heterocycles. The van der Waals surface area contributed by atoms with Crippen LogP contribution in [0.2, 0.25) is 0 Å². The van der Waals surface area contributed by atoms with Crippen LogP contribution < -0.4 is 10.2 Å². The monoisotopic (exact) mass is 654 g/mol. The van der Waals surface area contributed by atoms with Crippen LogP contribution in [0.5, 0.6) is 0 Å². The quantitative estimate of drug-likeness (QED) is 0.0353. The van der Waals surface area contributed by atoms with Crippen molar-refractivity contribution in [3.05, 3.63) is 48.6 Å². The highest BCUT2D eigenvalue weighted by molar-refractivity contribution is 7.45. The van der Waals surface area contributed by atoms with Crippen molar-refractivity contribution >= 4 is 13.7 Å². The standard InChI is InChI=1S/C36H67N2O6P/c1-6-8-10-12-14-16-18-19-20-22-24-26-28-30-36(40)37-34(33-44-45(41,42)43-32-31-38(3,4)5)35(39)29-27-25-23-21-17-15-13-11-9-7-2/h8,10,14,16,19-20,24,26,34-35,39H,6-7,9,11-13,15,17-18,21-23,25,27-33H2,1-5H3,(H-,37,40,41,42)/b10-8-,16-14-,20-19-,26-24-. The number of phosphoric acid groups is 1. The second-order valence-electron chi connectivity index (χ2n) is 12.8. The average Bonchev–Trinajstić information content (AvgIpc) is 2.97. The highest BCUT2D eigenvalue weighted by atomic mass is 31.2. The Balaban J connectivity index is 4.66. The maximum Gasteiger partial charge on any atom is 0.268 e. The minimum absolute atomic E-state index is 0.00265. The minimum Gasteiger partial charge on any atom is -0.756 e. The summed E-state index contributed by atoms with van der Waals surface area (Å²) in [7, 11) is 1.25. The average molecular weight is 655 g/mol. The van der Waals surface area contributed by atoms with E-state index in [4.69, 9.17) is 9.05 Å². The van der Waals surface area contributed by atoms with E-state index in [2.05, 4.69) is 55.6 Å². The normalized spacial score (nSPS) is 15.4. The van der Waals surface area contributed by atoms with Crippen LogP contribution in [0.3, 0.4) is 0 Å². The van der Waals surface area contributed by atoms with E-state index in [9.17, 15) is 19.4 Å². The zero-order valence-electron chi connectivity index (χ0n) is 29.3. The molecule has 45 heavy (non-hydrogen) atoms. The summed E-state index contributed by atoms with van der Waals surface area (Å²) in [6.45, 7) is 4.48. The third kappa shape index (κ3) is 30.9. The van der Waals surface area contributed by atoms with Gasteiger partial charge < -0.3 is 28.8 Å². The van der Waals surface area contributed by atoms with Crippen LogP contribution in [0.25, 0.3) is 0 Å². The van der Waals surface area contributed by atoms with E-state index >= 15 is 0 Å². The van der Waals surface area contributed by atoms with Gasteiger partial charge in [-0.25, -0.2) is 0 Å². The third-order valence-electron chi connectivity index (χ3n) is 7.34. The second-order valence-corrected chi connectivity index (χ2v) is 14.3. The van der Waals surface area contributed by atoms with E-state index in [1.54, 1.807) is 0 Å². The smallest absolute Gasteiger partial charge is 0.268 e. The first-order chi connectivity index (χ1) is 21.5. The van der Waals surface area contributed by atoms with Crippen LogP contribution in [0.4, 0.5) is 0 Å². The van der Waals surface area contributed by atoms with E-state index < -0.39 is 20.0 Å². The van der Waals surface area contributed by atoms with Crippen molar-refractivity contribution < 1.29 is 32.9 Å². The van der Waals surface area contributed by atoms with Crippen LogP contribution in [0.1, 0.15) is 123 Å². The molecule has 0 fully saturated rings. The number of nitrogens with zero attached hydrogens (tertiary/aromatic N) is 1. The van der Waals surface area contributed by atoms with Crippen LogP contribution in [0, 0.1) is 0 Å². The molecule has 2 N–H and O–H groups in total. The number of hydrogen-bond acceptors (Lipinski definition) is 6. The lowest BCUT2D eigenvalue weighted by atomic mass is 10.0. The molecule has 0 aromatic carbocycles. The lowest BCUT2D eigenvalue weighted by Gasteiger charge is -2.30. The summed E-state index contributed by atoms with van der Waals surface area (Å²) in [6, 6.07) is -0.835. The van der Waals surface area contributed by atoms with Gasteiger partial charge in [-0.05, 0) is 38.5 Å². The van der Waals surface area contributed by atoms with Crippen molar-refractivity contribution in [3.63, 3.8) is 0 Å². The van der Waals surface area contributed by atoms with Crippen molar-refractivity contribution in [2.75, 3.05) is 40.9 Å². The maximum absolute atomic E-state index is 12.7. The molecular formula is C36H67N2O6P. The molecule has 262 valence electrons. The van der Waals surface area contributed by atoms with E-state index in [1.165, 1.54) is 44.9 Å². The summed E-state index contributed by atoms with van der Waals surface area (Å²) in [5, 5.41) is 13.7. The highest BCUT2D eigenvalue weighted by Crippen LogP contribution is 2.38. The molecule has 0 radical (unpaired) electrons. The van der Waals surface area contributed by atoms with E-state index in [0.29, 0.717) is 23.9 Å². The number of hydrogen-bond donors (Lipinski definition) is 2. The van der Waals surface area contributed by atoms with Crippen LogP contribution in [-0.4, -0.2) is 68.5 Å². The van der Waals surface area contributed by atoms with E-state index in [-0.39, 0.29) is 25.5 Å². The lowest BCUT2D eigenvalue weighted by molar-refractivity contribution is -0.870. The molecule has 0 aliphatic heterocycles. The van der Waals surface area contributed by atoms with Crippen molar-refractivity contribution in [3.8, 4) is 0 Å². The molecule has 0 aliphatic carbocycles. The number of aliphatic hydroxyl groups excluding tert-OH is 1. The number of carbonyl (C=O) groups is 1. The molecule has 3 atom stereocenters. The SMILES string of the molecule is CC/C=C\C/C=C\C/C=C\C/C=C\CCC(=O)NC(COP(=O)([O-])OCC[N+](C)(C)C)C(O)CCCCCCCCCCCC. The van der Waals surface area contributed by atoms with Crippen molar-refractivity contribution in [1.29, 1.82) is 0 Å². The second kappa shape index (κ2) is 28.7. The van der Waals surface area contributed by atoms with Gasteiger partial charge in [-0.3, -0.25) is 9.36 Å². The lowest BCUT2D eigenvalue weighted by Crippen LogP contribution is -2.46. The van der Waals surface area contributed by atoms with Gasteiger partial charge in [0.15, 0.2) is 0 Å². The molecule has 0 rings (SSSR count). The van der Waals surface area contributed by atoms with Gasteiger partial charge in [-0.2, -0.15) is 0 Å². The third-order valence-corrected chi connectivity index (χ3v) is 8.31. The van der Waals surface area contributed by atoms with Gasteiger partial charge in [0.25, 0.3) is 7.82 Å². The number of unbranched alkanes of at least 4 members (excludes halogenated alkanes) is 9. The van der Waals surface area contributed by atoms with Gasteiger partial charge in [0.2, 0.25) is 5.91 Å². The first-order valence-electron chi connectivity index (χ1n) is 17.5. The number of nitrogens with one attached hydrogen (secondary N) is 1. The Kier molecular flexibility index (Phi) is 27.7. The zero-order valence-corrected chi connectivity index (χ0v) is 30.2. The molecular weight excluding hydrogens is 587 g/mol.